The summed E-state index contributed by atoms with van der Waals surface area (Å²) in [5, 5.41) is 10.8. The van der Waals surface area contributed by atoms with Crippen LogP contribution in [0.5, 0.6) is 0 Å². The van der Waals surface area contributed by atoms with Crippen molar-refractivity contribution in [3.05, 3.63) is 11.1 Å². The number of rotatable bonds is 2. The Hall–Kier alpha value is -1.48. The van der Waals surface area contributed by atoms with Crippen LogP contribution in [0.1, 0.15) is 6.42 Å². The smallest absolute Gasteiger partial charge is 0.307 e. The molecule has 14 heavy (non-hydrogen) atoms. The molecule has 1 fully saturated rings. The minimum atomic E-state index is -0.484. The molecule has 0 spiro atoms. The molecule has 1 aliphatic rings. The van der Waals surface area contributed by atoms with Gasteiger partial charge in [-0.3, -0.25) is 9.59 Å². The maximum absolute atomic E-state index is 11.2. The van der Waals surface area contributed by atoms with E-state index < -0.39 is 11.2 Å². The Balaban J connectivity index is 2.58. The normalized spacial score (nSPS) is 23.0. The number of thioether (sulfide) groups is 1. The molecule has 0 aromatic heterocycles. The summed E-state index contributed by atoms with van der Waals surface area (Å²) in [6.45, 7) is 0. The molecule has 0 aromatic carbocycles. The van der Waals surface area contributed by atoms with Gasteiger partial charge in [-0.1, -0.05) is 11.8 Å². The van der Waals surface area contributed by atoms with Crippen LogP contribution < -0.4 is 5.32 Å². The highest BCUT2D eigenvalue weighted by Crippen LogP contribution is 2.28. The van der Waals surface area contributed by atoms with Gasteiger partial charge in [0, 0.05) is 6.08 Å². The van der Waals surface area contributed by atoms with E-state index in [0.717, 1.165) is 11.8 Å². The first-order valence-electron chi connectivity index (χ1n) is 3.81. The number of amides is 1. The molecule has 0 aromatic rings. The van der Waals surface area contributed by atoms with Gasteiger partial charge in [0.15, 0.2) is 0 Å². The number of carbonyl (C=O) groups excluding carboxylic acids is 2. The van der Waals surface area contributed by atoms with E-state index in [0.29, 0.717) is 5.03 Å². The summed E-state index contributed by atoms with van der Waals surface area (Å²) >= 11 is 1.16. The highest BCUT2D eigenvalue weighted by Gasteiger charge is 2.31. The monoisotopic (exact) mass is 212 g/mol. The zero-order valence-corrected chi connectivity index (χ0v) is 8.26. The summed E-state index contributed by atoms with van der Waals surface area (Å²) in [4.78, 5) is 22.1. The number of esters is 1. The SMILES string of the molecule is COC(=O)C[C@@H]1S/C(=C/C#N)NC1=O. The molecule has 0 unspecified atom stereocenters. The van der Waals surface area contributed by atoms with Crippen LogP contribution in [0, 0.1) is 11.3 Å². The average molecular weight is 212 g/mol. The summed E-state index contributed by atoms with van der Waals surface area (Å²) in [6, 6.07) is 1.80. The zero-order valence-electron chi connectivity index (χ0n) is 7.44. The van der Waals surface area contributed by atoms with Crippen LogP contribution in [0.25, 0.3) is 0 Å². The molecule has 1 rings (SSSR count). The van der Waals surface area contributed by atoms with Crippen molar-refractivity contribution >= 4 is 23.6 Å². The molecule has 1 amide bonds. The van der Waals surface area contributed by atoms with E-state index in [4.69, 9.17) is 5.26 Å². The molecular weight excluding hydrogens is 204 g/mol. The van der Waals surface area contributed by atoms with Crippen LogP contribution in [0.4, 0.5) is 0 Å². The van der Waals surface area contributed by atoms with Gasteiger partial charge in [0.2, 0.25) is 5.91 Å². The quantitative estimate of drug-likeness (QED) is 0.520. The molecule has 0 aliphatic carbocycles. The van der Waals surface area contributed by atoms with E-state index in [1.165, 1.54) is 13.2 Å². The van der Waals surface area contributed by atoms with Crippen LogP contribution in [0.2, 0.25) is 0 Å². The molecular formula is C8H8N2O3S. The van der Waals surface area contributed by atoms with Crippen molar-refractivity contribution in [3.8, 4) is 6.07 Å². The first-order valence-corrected chi connectivity index (χ1v) is 4.69. The second kappa shape index (κ2) is 4.67. The Labute approximate surface area is 85.1 Å². The van der Waals surface area contributed by atoms with E-state index in [1.807, 2.05) is 0 Å². The van der Waals surface area contributed by atoms with Gasteiger partial charge in [-0.15, -0.1) is 0 Å². The number of hydrogen-bond donors (Lipinski definition) is 1. The van der Waals surface area contributed by atoms with Crippen LogP contribution in [0.3, 0.4) is 0 Å². The van der Waals surface area contributed by atoms with Gasteiger partial charge in [0.1, 0.15) is 5.25 Å². The molecule has 5 nitrogen and oxygen atoms in total. The standard InChI is InChI=1S/C8H8N2O3S/c1-13-7(11)4-5-8(12)10-6(14-5)2-3-9/h2,5H,4H2,1H3,(H,10,12)/b6-2+/t5-/m0/s1. The summed E-state index contributed by atoms with van der Waals surface area (Å²) in [6.07, 6.45) is 1.26. The third-order valence-corrected chi connectivity index (χ3v) is 2.72. The minimum absolute atomic E-state index is 0.0236. The number of carbonyl (C=O) groups is 2. The average Bonchev–Trinajstić information content (AvgIpc) is 2.47. The van der Waals surface area contributed by atoms with E-state index in [2.05, 4.69) is 10.1 Å². The summed E-state index contributed by atoms with van der Waals surface area (Å²) in [7, 11) is 1.27. The third-order valence-electron chi connectivity index (χ3n) is 1.58. The topological polar surface area (TPSA) is 79.2 Å². The van der Waals surface area contributed by atoms with E-state index in [-0.39, 0.29) is 12.3 Å². The van der Waals surface area contributed by atoms with Gasteiger partial charge in [-0.25, -0.2) is 0 Å². The van der Waals surface area contributed by atoms with E-state index >= 15 is 0 Å². The molecule has 1 atom stereocenters. The fraction of sp³-hybridized carbons (Fsp3) is 0.375. The van der Waals surface area contributed by atoms with Gasteiger partial charge in [0.25, 0.3) is 0 Å². The second-order valence-corrected chi connectivity index (χ2v) is 3.76. The van der Waals surface area contributed by atoms with Crippen molar-refractivity contribution in [2.24, 2.45) is 0 Å². The number of hydrogen-bond acceptors (Lipinski definition) is 5. The zero-order chi connectivity index (χ0) is 10.6. The largest absolute Gasteiger partial charge is 0.469 e. The Morgan fingerprint density at radius 2 is 2.57 bits per heavy atom. The molecule has 74 valence electrons. The molecule has 0 bridgehead atoms. The van der Waals surface area contributed by atoms with Gasteiger partial charge < -0.3 is 10.1 Å². The number of methoxy groups -OCH3 is 1. The Morgan fingerprint density at radius 3 is 3.14 bits per heavy atom. The molecule has 6 heteroatoms. The van der Waals surface area contributed by atoms with Gasteiger partial charge in [-0.2, -0.15) is 5.26 Å². The summed E-state index contributed by atoms with van der Waals surface area (Å²) in [5.74, 6) is -0.697. The lowest BCUT2D eigenvalue weighted by Crippen LogP contribution is -2.24. The summed E-state index contributed by atoms with van der Waals surface area (Å²) < 4.78 is 4.44. The highest BCUT2D eigenvalue weighted by atomic mass is 32.2. The van der Waals surface area contributed by atoms with Crippen LogP contribution in [0.15, 0.2) is 11.1 Å². The second-order valence-electron chi connectivity index (χ2n) is 2.51. The van der Waals surface area contributed by atoms with Crippen molar-refractivity contribution < 1.29 is 14.3 Å². The van der Waals surface area contributed by atoms with E-state index in [1.54, 1.807) is 6.07 Å². The predicted molar refractivity (Wildman–Crippen MR) is 49.9 cm³/mol. The number of nitrogens with zero attached hydrogens (tertiary/aromatic N) is 1. The fourth-order valence-electron chi connectivity index (χ4n) is 0.936. The van der Waals surface area contributed by atoms with Crippen molar-refractivity contribution in [2.45, 2.75) is 11.7 Å². The van der Waals surface area contributed by atoms with Crippen LogP contribution in [-0.4, -0.2) is 24.2 Å². The van der Waals surface area contributed by atoms with Crippen molar-refractivity contribution in [1.29, 1.82) is 5.26 Å². The van der Waals surface area contributed by atoms with Gasteiger partial charge in [0.05, 0.1) is 24.6 Å². The number of ether oxygens (including phenoxy) is 1. The Kier molecular flexibility index (Phi) is 3.54. The first-order chi connectivity index (χ1) is 6.67. The maximum atomic E-state index is 11.2. The number of allylic oxidation sites excluding steroid dienone is 1. The number of nitrogens with one attached hydrogen (secondary N) is 1. The lowest BCUT2D eigenvalue weighted by molar-refractivity contribution is -0.141. The molecule has 1 saturated heterocycles. The maximum Gasteiger partial charge on any atom is 0.307 e. The molecule has 1 aliphatic heterocycles. The predicted octanol–water partition coefficient (Wildman–Crippen LogP) is 0.146. The lowest BCUT2D eigenvalue weighted by atomic mass is 10.3. The van der Waals surface area contributed by atoms with Crippen molar-refractivity contribution in [3.63, 3.8) is 0 Å². The third kappa shape index (κ3) is 2.50. The minimum Gasteiger partial charge on any atom is -0.469 e. The molecule has 1 heterocycles. The van der Waals surface area contributed by atoms with Gasteiger partial charge >= 0.3 is 5.97 Å². The summed E-state index contributed by atoms with van der Waals surface area (Å²) in [5.41, 5.74) is 0. The first kappa shape index (κ1) is 10.6. The number of nitriles is 1. The van der Waals surface area contributed by atoms with Crippen molar-refractivity contribution in [2.75, 3.05) is 7.11 Å². The van der Waals surface area contributed by atoms with Crippen molar-refractivity contribution in [1.82, 2.24) is 5.32 Å². The highest BCUT2D eigenvalue weighted by molar-refractivity contribution is 8.04. The van der Waals surface area contributed by atoms with Gasteiger partial charge in [-0.05, 0) is 0 Å². The molecule has 1 N–H and O–H groups in total. The Morgan fingerprint density at radius 1 is 1.86 bits per heavy atom. The molecule has 0 saturated carbocycles. The van der Waals surface area contributed by atoms with Crippen LogP contribution >= 0.6 is 11.8 Å². The van der Waals surface area contributed by atoms with E-state index in [9.17, 15) is 9.59 Å². The lowest BCUT2D eigenvalue weighted by Gasteiger charge is -2.01. The molecule has 0 radical (unpaired) electrons. The Bertz CT molecular complexity index is 332. The van der Waals surface area contributed by atoms with Crippen LogP contribution in [-0.2, 0) is 14.3 Å². The fourth-order valence-corrected chi connectivity index (χ4v) is 1.91.